The van der Waals surface area contributed by atoms with Crippen molar-refractivity contribution in [2.24, 2.45) is 0 Å². The number of alkyl carbamates (subject to hydrolysis) is 1. The van der Waals surface area contributed by atoms with Gasteiger partial charge in [-0.3, -0.25) is 4.79 Å². The summed E-state index contributed by atoms with van der Waals surface area (Å²) in [4.78, 5) is 25.7. The summed E-state index contributed by atoms with van der Waals surface area (Å²) in [6, 6.07) is 10.5. The third-order valence-electron chi connectivity index (χ3n) is 3.25. The number of hydrogen-bond acceptors (Lipinski definition) is 5. The first-order valence-corrected chi connectivity index (χ1v) is 7.95. The van der Waals surface area contributed by atoms with Crippen LogP contribution in [0.4, 0.5) is 4.79 Å². The van der Waals surface area contributed by atoms with Crippen LogP contribution in [0.15, 0.2) is 51.9 Å². The fourth-order valence-electron chi connectivity index (χ4n) is 1.97. The second-order valence-corrected chi connectivity index (χ2v) is 5.97. The standard InChI is InChI=1S/C16H17BrN2O5/c17-11-6-12(15(22)18-7-11)14(21)13(20)8-19-16(23)24-9-10-4-2-1-3-5-10/h1-7,13-14,20-21H,8-9H2,(H,18,22)(H,19,23). The number of pyridine rings is 1. The quantitative estimate of drug-likeness (QED) is 0.590. The van der Waals surface area contributed by atoms with Crippen molar-refractivity contribution in [3.63, 3.8) is 0 Å². The average Bonchev–Trinajstić information content (AvgIpc) is 2.60. The Balaban J connectivity index is 1.83. The van der Waals surface area contributed by atoms with Crippen LogP contribution in [0.3, 0.4) is 0 Å². The molecule has 0 saturated heterocycles. The zero-order valence-electron chi connectivity index (χ0n) is 12.6. The third kappa shape index (κ3) is 5.19. The second-order valence-electron chi connectivity index (χ2n) is 5.06. The van der Waals surface area contributed by atoms with Gasteiger partial charge in [0.05, 0.1) is 0 Å². The molecule has 1 heterocycles. The molecule has 0 fully saturated rings. The van der Waals surface area contributed by atoms with Crippen LogP contribution in [0.25, 0.3) is 0 Å². The SMILES string of the molecule is O=C(NCC(O)C(O)c1cc(Br)c[nH]c1=O)OCc1ccccc1. The van der Waals surface area contributed by atoms with Gasteiger partial charge >= 0.3 is 6.09 Å². The zero-order valence-corrected chi connectivity index (χ0v) is 14.2. The highest BCUT2D eigenvalue weighted by Crippen LogP contribution is 2.16. The van der Waals surface area contributed by atoms with E-state index in [9.17, 15) is 19.8 Å². The molecule has 2 aromatic rings. The van der Waals surface area contributed by atoms with Crippen LogP contribution in [-0.4, -0.2) is 33.9 Å². The van der Waals surface area contributed by atoms with Crippen molar-refractivity contribution in [2.45, 2.75) is 18.8 Å². The Morgan fingerprint density at radius 3 is 2.71 bits per heavy atom. The van der Waals surface area contributed by atoms with E-state index in [-0.39, 0.29) is 18.7 Å². The Morgan fingerprint density at radius 2 is 2.00 bits per heavy atom. The molecular formula is C16H17BrN2O5. The fourth-order valence-corrected chi connectivity index (χ4v) is 2.34. The molecular weight excluding hydrogens is 380 g/mol. The van der Waals surface area contributed by atoms with Gasteiger partial charge in [0.15, 0.2) is 0 Å². The summed E-state index contributed by atoms with van der Waals surface area (Å²) in [6.45, 7) is -0.169. The van der Waals surface area contributed by atoms with Gasteiger partial charge in [-0.15, -0.1) is 0 Å². The average molecular weight is 397 g/mol. The van der Waals surface area contributed by atoms with Crippen molar-refractivity contribution in [1.82, 2.24) is 10.3 Å². The monoisotopic (exact) mass is 396 g/mol. The van der Waals surface area contributed by atoms with Gasteiger partial charge in [-0.05, 0) is 27.6 Å². The highest BCUT2D eigenvalue weighted by atomic mass is 79.9. The predicted octanol–water partition coefficient (Wildman–Crippen LogP) is 1.46. The number of aromatic amines is 1. The van der Waals surface area contributed by atoms with Crippen molar-refractivity contribution < 1.29 is 19.7 Å². The minimum atomic E-state index is -1.44. The molecule has 0 aliphatic heterocycles. The molecule has 7 nitrogen and oxygen atoms in total. The van der Waals surface area contributed by atoms with Crippen LogP contribution in [-0.2, 0) is 11.3 Å². The van der Waals surface area contributed by atoms with Crippen LogP contribution in [0.2, 0.25) is 0 Å². The number of aromatic nitrogens is 1. The molecule has 2 atom stereocenters. The number of halogens is 1. The first-order chi connectivity index (χ1) is 11.5. The summed E-state index contributed by atoms with van der Waals surface area (Å²) in [5.41, 5.74) is 0.307. The zero-order chi connectivity index (χ0) is 17.5. The maximum absolute atomic E-state index is 11.7. The van der Waals surface area contributed by atoms with Gasteiger partial charge in [0.2, 0.25) is 0 Å². The van der Waals surface area contributed by atoms with Crippen LogP contribution >= 0.6 is 15.9 Å². The molecule has 1 aromatic carbocycles. The maximum Gasteiger partial charge on any atom is 0.407 e. The molecule has 24 heavy (non-hydrogen) atoms. The molecule has 0 radical (unpaired) electrons. The number of H-pyrrole nitrogens is 1. The topological polar surface area (TPSA) is 112 Å². The molecule has 4 N–H and O–H groups in total. The Labute approximate surface area is 146 Å². The van der Waals surface area contributed by atoms with Crippen molar-refractivity contribution in [1.29, 1.82) is 0 Å². The van der Waals surface area contributed by atoms with E-state index in [0.29, 0.717) is 4.47 Å². The number of aliphatic hydroxyl groups is 2. The molecule has 1 amide bonds. The van der Waals surface area contributed by atoms with Crippen molar-refractivity contribution in [3.8, 4) is 0 Å². The minimum Gasteiger partial charge on any atom is -0.445 e. The minimum absolute atomic E-state index is 0.00340. The summed E-state index contributed by atoms with van der Waals surface area (Å²) in [5.74, 6) is 0. The molecule has 128 valence electrons. The molecule has 0 bridgehead atoms. The molecule has 0 saturated carbocycles. The number of aliphatic hydroxyl groups excluding tert-OH is 2. The van der Waals surface area contributed by atoms with Gasteiger partial charge in [-0.1, -0.05) is 30.3 Å². The van der Waals surface area contributed by atoms with E-state index in [0.717, 1.165) is 5.56 Å². The van der Waals surface area contributed by atoms with E-state index >= 15 is 0 Å². The normalized spacial score (nSPS) is 13.1. The third-order valence-corrected chi connectivity index (χ3v) is 3.71. The molecule has 0 spiro atoms. The number of benzene rings is 1. The smallest absolute Gasteiger partial charge is 0.407 e. The van der Waals surface area contributed by atoms with E-state index in [2.05, 4.69) is 26.2 Å². The second kappa shape index (κ2) is 8.62. The first-order valence-electron chi connectivity index (χ1n) is 7.16. The van der Waals surface area contributed by atoms with Crippen LogP contribution in [0, 0.1) is 0 Å². The molecule has 0 aliphatic rings. The van der Waals surface area contributed by atoms with Gasteiger partial charge in [-0.2, -0.15) is 0 Å². The molecule has 1 aromatic heterocycles. The Bertz CT molecular complexity index is 735. The lowest BCUT2D eigenvalue weighted by atomic mass is 10.1. The highest BCUT2D eigenvalue weighted by molar-refractivity contribution is 9.10. The number of ether oxygens (including phenoxy) is 1. The van der Waals surface area contributed by atoms with Gasteiger partial charge in [-0.25, -0.2) is 4.79 Å². The van der Waals surface area contributed by atoms with E-state index in [1.807, 2.05) is 30.3 Å². The lowest BCUT2D eigenvalue weighted by Gasteiger charge is -2.18. The Hall–Kier alpha value is -2.16. The lowest BCUT2D eigenvalue weighted by Crippen LogP contribution is -2.37. The van der Waals surface area contributed by atoms with Gasteiger partial charge in [0.25, 0.3) is 5.56 Å². The summed E-state index contributed by atoms with van der Waals surface area (Å²) in [5, 5.41) is 22.3. The Kier molecular flexibility index (Phi) is 6.53. The largest absolute Gasteiger partial charge is 0.445 e. The van der Waals surface area contributed by atoms with Crippen LogP contribution < -0.4 is 10.9 Å². The maximum atomic E-state index is 11.7. The summed E-state index contributed by atoms with van der Waals surface area (Å²) < 4.78 is 5.54. The van der Waals surface area contributed by atoms with Gasteiger partial charge in [0, 0.05) is 22.8 Å². The number of amides is 1. The van der Waals surface area contributed by atoms with Crippen molar-refractivity contribution >= 4 is 22.0 Å². The van der Waals surface area contributed by atoms with Crippen molar-refractivity contribution in [3.05, 3.63) is 68.5 Å². The van der Waals surface area contributed by atoms with Crippen LogP contribution in [0.1, 0.15) is 17.2 Å². The van der Waals surface area contributed by atoms with E-state index < -0.39 is 23.9 Å². The molecule has 2 unspecified atom stereocenters. The van der Waals surface area contributed by atoms with E-state index in [4.69, 9.17) is 4.74 Å². The van der Waals surface area contributed by atoms with E-state index in [1.54, 1.807) is 0 Å². The molecule has 0 aliphatic carbocycles. The lowest BCUT2D eigenvalue weighted by molar-refractivity contribution is 0.0175. The number of rotatable bonds is 6. The summed E-state index contributed by atoms with van der Waals surface area (Å²) in [7, 11) is 0. The number of carbonyl (C=O) groups excluding carboxylic acids is 1. The fraction of sp³-hybridized carbons (Fsp3) is 0.250. The van der Waals surface area contributed by atoms with Crippen molar-refractivity contribution in [2.75, 3.05) is 6.54 Å². The highest BCUT2D eigenvalue weighted by Gasteiger charge is 2.22. The van der Waals surface area contributed by atoms with Gasteiger partial charge in [0.1, 0.15) is 18.8 Å². The number of hydrogen-bond donors (Lipinski definition) is 4. The summed E-state index contributed by atoms with van der Waals surface area (Å²) in [6.07, 6.45) is -2.11. The van der Waals surface area contributed by atoms with Crippen LogP contribution in [0.5, 0.6) is 0 Å². The summed E-state index contributed by atoms with van der Waals surface area (Å²) >= 11 is 3.17. The van der Waals surface area contributed by atoms with Gasteiger partial charge < -0.3 is 25.3 Å². The molecule has 8 heteroatoms. The first kappa shape index (κ1) is 18.2. The molecule has 2 rings (SSSR count). The number of nitrogens with one attached hydrogen (secondary N) is 2. The predicted molar refractivity (Wildman–Crippen MR) is 90.4 cm³/mol. The Morgan fingerprint density at radius 1 is 1.29 bits per heavy atom. The number of carbonyl (C=O) groups is 1. The van der Waals surface area contributed by atoms with E-state index in [1.165, 1.54) is 12.3 Å².